The summed E-state index contributed by atoms with van der Waals surface area (Å²) in [6.45, 7) is 1.72. The highest BCUT2D eigenvalue weighted by Crippen LogP contribution is 2.42. The number of nitrogens with zero attached hydrogens (tertiary/aromatic N) is 2. The molecule has 2 aromatic heterocycles. The molecule has 3 nitrogen and oxygen atoms in total. The van der Waals surface area contributed by atoms with E-state index in [1.54, 1.807) is 36.6 Å². The molecule has 148 valence electrons. The first-order valence-corrected chi connectivity index (χ1v) is 9.93. The Morgan fingerprint density at radius 2 is 1.69 bits per heavy atom. The van der Waals surface area contributed by atoms with Crippen LogP contribution in [0.1, 0.15) is 11.3 Å². The van der Waals surface area contributed by atoms with Crippen LogP contribution >= 0.6 is 34.5 Å². The van der Waals surface area contributed by atoms with Crippen molar-refractivity contribution in [2.75, 3.05) is 0 Å². The first-order chi connectivity index (χ1) is 13.8. The number of hydrogen-bond acceptors (Lipinski definition) is 4. The number of rotatable bonds is 3. The number of alkyl halides is 3. The van der Waals surface area contributed by atoms with E-state index >= 15 is 0 Å². The Morgan fingerprint density at radius 3 is 2.38 bits per heavy atom. The van der Waals surface area contributed by atoms with Crippen molar-refractivity contribution in [2.45, 2.75) is 13.1 Å². The predicted octanol–water partition coefficient (Wildman–Crippen LogP) is 7.77. The largest absolute Gasteiger partial charge is 0.416 e. The van der Waals surface area contributed by atoms with E-state index in [2.05, 4.69) is 10.1 Å². The Hall–Kier alpha value is -2.35. The average molecular weight is 455 g/mol. The second-order valence-electron chi connectivity index (χ2n) is 6.18. The summed E-state index contributed by atoms with van der Waals surface area (Å²) in [7, 11) is 0. The van der Waals surface area contributed by atoms with Crippen molar-refractivity contribution in [3.63, 3.8) is 0 Å². The molecule has 0 aliphatic heterocycles. The van der Waals surface area contributed by atoms with Gasteiger partial charge < -0.3 is 4.52 Å². The van der Waals surface area contributed by atoms with Gasteiger partial charge in [-0.2, -0.15) is 13.2 Å². The van der Waals surface area contributed by atoms with Gasteiger partial charge in [0.15, 0.2) is 0 Å². The van der Waals surface area contributed by atoms with Crippen molar-refractivity contribution in [3.05, 3.63) is 69.2 Å². The summed E-state index contributed by atoms with van der Waals surface area (Å²) in [5, 5.41) is 7.08. The fourth-order valence-electron chi connectivity index (χ4n) is 2.92. The van der Waals surface area contributed by atoms with Crippen LogP contribution < -0.4 is 0 Å². The van der Waals surface area contributed by atoms with E-state index in [1.807, 2.05) is 0 Å². The van der Waals surface area contributed by atoms with E-state index < -0.39 is 11.7 Å². The van der Waals surface area contributed by atoms with Gasteiger partial charge in [-0.05, 0) is 31.2 Å². The molecule has 4 aromatic rings. The van der Waals surface area contributed by atoms with Crippen molar-refractivity contribution in [1.29, 1.82) is 0 Å². The van der Waals surface area contributed by atoms with E-state index in [4.69, 9.17) is 27.7 Å². The van der Waals surface area contributed by atoms with E-state index in [-0.39, 0.29) is 0 Å². The molecule has 0 radical (unpaired) electrons. The lowest BCUT2D eigenvalue weighted by molar-refractivity contribution is -0.137. The molecule has 9 heteroatoms. The Balaban J connectivity index is 1.80. The molecule has 0 unspecified atom stereocenters. The standard InChI is InChI=1S/C20H11Cl2F3N2OS/c1-10-16(18(27-28-10)17-13(21)6-3-7-14(17)22)15-9-29-19(26-15)11-4-2-5-12(8-11)20(23,24)25/h2-9H,1H3. The molecule has 0 amide bonds. The zero-order valence-corrected chi connectivity index (χ0v) is 17.0. The minimum absolute atomic E-state index is 0.377. The van der Waals surface area contributed by atoms with Crippen molar-refractivity contribution in [1.82, 2.24) is 10.1 Å². The van der Waals surface area contributed by atoms with E-state index in [0.717, 1.165) is 12.1 Å². The first kappa shape index (κ1) is 19.9. The molecule has 0 aliphatic carbocycles. The molecule has 2 aromatic carbocycles. The number of hydrogen-bond donors (Lipinski definition) is 0. The fraction of sp³-hybridized carbons (Fsp3) is 0.100. The Labute approximate surface area is 177 Å². The zero-order valence-electron chi connectivity index (χ0n) is 14.7. The monoisotopic (exact) mass is 454 g/mol. The van der Waals surface area contributed by atoms with Crippen LogP contribution in [0.15, 0.2) is 52.4 Å². The first-order valence-electron chi connectivity index (χ1n) is 8.30. The molecule has 0 spiro atoms. The number of thiazole rings is 1. The van der Waals surface area contributed by atoms with Crippen molar-refractivity contribution < 1.29 is 17.7 Å². The number of halogens is 5. The minimum Gasteiger partial charge on any atom is -0.360 e. The van der Waals surface area contributed by atoms with E-state index in [0.29, 0.717) is 48.9 Å². The molecular formula is C20H11Cl2F3N2OS. The van der Waals surface area contributed by atoms with Gasteiger partial charge in [-0.3, -0.25) is 0 Å². The van der Waals surface area contributed by atoms with Crippen LogP contribution in [0, 0.1) is 6.92 Å². The quantitative estimate of drug-likeness (QED) is 0.317. The molecule has 0 atom stereocenters. The van der Waals surface area contributed by atoms with Crippen LogP contribution in [-0.2, 0) is 6.18 Å². The van der Waals surface area contributed by atoms with Gasteiger partial charge in [0.05, 0.1) is 26.9 Å². The second-order valence-corrected chi connectivity index (χ2v) is 7.85. The topological polar surface area (TPSA) is 38.9 Å². The van der Waals surface area contributed by atoms with Gasteiger partial charge in [0.25, 0.3) is 0 Å². The van der Waals surface area contributed by atoms with Crippen molar-refractivity contribution >= 4 is 34.5 Å². The molecule has 0 saturated heterocycles. The maximum atomic E-state index is 13.0. The van der Waals surface area contributed by atoms with Crippen LogP contribution in [0.2, 0.25) is 10.0 Å². The normalized spacial score (nSPS) is 11.8. The lowest BCUT2D eigenvalue weighted by Crippen LogP contribution is -2.04. The Bertz CT molecular complexity index is 1180. The number of aryl methyl sites for hydroxylation is 1. The van der Waals surface area contributed by atoms with Crippen molar-refractivity contribution in [2.24, 2.45) is 0 Å². The van der Waals surface area contributed by atoms with Gasteiger partial charge in [0.2, 0.25) is 0 Å². The Morgan fingerprint density at radius 1 is 1.00 bits per heavy atom. The molecule has 29 heavy (non-hydrogen) atoms. The summed E-state index contributed by atoms with van der Waals surface area (Å²) in [5.74, 6) is 0.497. The molecule has 0 aliphatic rings. The van der Waals surface area contributed by atoms with Crippen LogP contribution in [0.5, 0.6) is 0 Å². The molecule has 2 heterocycles. The summed E-state index contributed by atoms with van der Waals surface area (Å²) in [5.41, 5.74) is 1.70. The number of aromatic nitrogens is 2. The third-order valence-corrected chi connectivity index (χ3v) is 5.78. The summed E-state index contributed by atoms with van der Waals surface area (Å²) in [6, 6.07) is 10.1. The summed E-state index contributed by atoms with van der Waals surface area (Å²) < 4.78 is 44.4. The highest BCUT2D eigenvalue weighted by Gasteiger charge is 2.31. The van der Waals surface area contributed by atoms with Crippen molar-refractivity contribution in [3.8, 4) is 33.1 Å². The highest BCUT2D eigenvalue weighted by molar-refractivity contribution is 7.13. The average Bonchev–Trinajstić information content (AvgIpc) is 3.28. The van der Waals surface area contributed by atoms with Crippen LogP contribution in [0.3, 0.4) is 0 Å². The molecule has 0 saturated carbocycles. The molecule has 0 fully saturated rings. The predicted molar refractivity (Wildman–Crippen MR) is 108 cm³/mol. The zero-order chi connectivity index (χ0) is 20.8. The van der Waals surface area contributed by atoms with Gasteiger partial charge in [0, 0.05) is 16.5 Å². The van der Waals surface area contributed by atoms with Gasteiger partial charge in [-0.25, -0.2) is 4.98 Å². The van der Waals surface area contributed by atoms with Gasteiger partial charge in [-0.1, -0.05) is 46.6 Å². The fourth-order valence-corrected chi connectivity index (χ4v) is 4.30. The van der Waals surface area contributed by atoms with E-state index in [9.17, 15) is 13.2 Å². The third kappa shape index (κ3) is 3.77. The molecule has 0 N–H and O–H groups in total. The number of benzene rings is 2. The van der Waals surface area contributed by atoms with Gasteiger partial charge >= 0.3 is 6.18 Å². The second kappa shape index (κ2) is 7.48. The minimum atomic E-state index is -4.42. The van der Waals surface area contributed by atoms with Gasteiger partial charge in [-0.15, -0.1) is 11.3 Å². The lowest BCUT2D eigenvalue weighted by atomic mass is 10.0. The summed E-state index contributed by atoms with van der Waals surface area (Å²) in [4.78, 5) is 4.52. The molecule has 4 rings (SSSR count). The molecule has 0 bridgehead atoms. The highest BCUT2D eigenvalue weighted by atomic mass is 35.5. The van der Waals surface area contributed by atoms with Crippen LogP contribution in [-0.4, -0.2) is 10.1 Å². The van der Waals surface area contributed by atoms with Gasteiger partial charge in [0.1, 0.15) is 16.5 Å². The summed E-state index contributed by atoms with van der Waals surface area (Å²) >= 11 is 13.8. The Kier molecular flexibility index (Phi) is 5.14. The SMILES string of the molecule is Cc1onc(-c2c(Cl)cccc2Cl)c1-c1csc(-c2cccc(C(F)(F)F)c2)n1. The van der Waals surface area contributed by atoms with E-state index in [1.165, 1.54) is 17.4 Å². The van der Waals surface area contributed by atoms with Crippen LogP contribution in [0.4, 0.5) is 13.2 Å². The van der Waals surface area contributed by atoms with Crippen LogP contribution in [0.25, 0.3) is 33.1 Å². The molecular weight excluding hydrogens is 444 g/mol. The maximum Gasteiger partial charge on any atom is 0.416 e. The maximum absolute atomic E-state index is 13.0. The summed E-state index contributed by atoms with van der Waals surface area (Å²) in [6.07, 6.45) is -4.42. The smallest absolute Gasteiger partial charge is 0.360 e. The third-order valence-electron chi connectivity index (χ3n) is 4.26. The lowest BCUT2D eigenvalue weighted by Gasteiger charge is -2.07.